The van der Waals surface area contributed by atoms with Gasteiger partial charge >= 0.3 is 0 Å². The molecule has 0 amide bonds. The van der Waals surface area contributed by atoms with Crippen LogP contribution in [0.15, 0.2) is 0 Å². The van der Waals surface area contributed by atoms with E-state index in [-0.39, 0.29) is 0 Å². The van der Waals surface area contributed by atoms with Crippen LogP contribution in [0.25, 0.3) is 0 Å². The number of hydrogen-bond acceptors (Lipinski definition) is 2. The van der Waals surface area contributed by atoms with E-state index >= 15 is 0 Å². The van der Waals surface area contributed by atoms with Gasteiger partial charge in [-0.3, -0.25) is 0 Å². The Morgan fingerprint density at radius 2 is 2.40 bits per heavy atom. The van der Waals surface area contributed by atoms with Gasteiger partial charge in [-0.05, 0) is 30.2 Å². The number of hydrogen-bond donors (Lipinski definition) is 2. The molecule has 2 unspecified atom stereocenters. The molecule has 1 heterocycles. The summed E-state index contributed by atoms with van der Waals surface area (Å²) in [5, 5.41) is 3.33. The zero-order chi connectivity index (χ0) is 7.19. The van der Waals surface area contributed by atoms with Gasteiger partial charge in [-0.1, -0.05) is 6.92 Å². The third-order valence-corrected chi connectivity index (χ3v) is 3.27. The summed E-state index contributed by atoms with van der Waals surface area (Å²) >= 11 is 0. The van der Waals surface area contributed by atoms with E-state index in [1.807, 2.05) is 0 Å². The first-order chi connectivity index (χ1) is 4.78. The van der Waals surface area contributed by atoms with Crippen LogP contribution in [0.5, 0.6) is 0 Å². The predicted octanol–water partition coefficient (Wildman–Crippen LogP) is 0.191. The van der Waals surface area contributed by atoms with E-state index in [1.54, 1.807) is 0 Å². The summed E-state index contributed by atoms with van der Waals surface area (Å²) in [7, 11) is 0. The first-order valence-corrected chi connectivity index (χ1v) is 4.19. The minimum atomic E-state index is 0.721. The average molecular weight is 140 g/mol. The van der Waals surface area contributed by atoms with Gasteiger partial charge in [-0.2, -0.15) is 0 Å². The van der Waals surface area contributed by atoms with Crippen molar-refractivity contribution >= 4 is 0 Å². The lowest BCUT2D eigenvalue weighted by Crippen LogP contribution is -2.46. The quantitative estimate of drug-likeness (QED) is 0.574. The summed E-state index contributed by atoms with van der Waals surface area (Å²) in [6.07, 6.45) is 1.43. The molecule has 2 fully saturated rings. The lowest BCUT2D eigenvalue weighted by molar-refractivity contribution is 0.264. The summed E-state index contributed by atoms with van der Waals surface area (Å²) in [5.41, 5.74) is 6.31. The molecule has 0 radical (unpaired) electrons. The molecule has 2 atom stereocenters. The van der Waals surface area contributed by atoms with Crippen molar-refractivity contribution in [3.8, 4) is 0 Å². The van der Waals surface area contributed by atoms with Gasteiger partial charge in [0.2, 0.25) is 0 Å². The van der Waals surface area contributed by atoms with E-state index in [9.17, 15) is 0 Å². The zero-order valence-corrected chi connectivity index (χ0v) is 6.56. The van der Waals surface area contributed by atoms with E-state index in [2.05, 4.69) is 12.2 Å². The highest BCUT2D eigenvalue weighted by molar-refractivity contribution is 5.11. The third kappa shape index (κ3) is 0.722. The molecular formula is C8H16N2. The van der Waals surface area contributed by atoms with E-state index in [4.69, 9.17) is 5.73 Å². The largest absolute Gasteiger partial charge is 0.330 e. The highest BCUT2D eigenvalue weighted by atomic mass is 15.0. The Labute approximate surface area is 62.2 Å². The van der Waals surface area contributed by atoms with Crippen molar-refractivity contribution in [2.75, 3.05) is 19.6 Å². The second-order valence-corrected chi connectivity index (χ2v) is 3.99. The first-order valence-electron chi connectivity index (χ1n) is 4.19. The summed E-state index contributed by atoms with van der Waals surface area (Å²) in [6, 6.07) is 0. The highest BCUT2D eigenvalue weighted by Crippen LogP contribution is 2.58. The maximum absolute atomic E-state index is 5.59. The van der Waals surface area contributed by atoms with Crippen LogP contribution in [-0.4, -0.2) is 19.6 Å². The molecule has 2 heteroatoms. The van der Waals surface area contributed by atoms with E-state index < -0.39 is 0 Å². The lowest BCUT2D eigenvalue weighted by Gasteiger charge is -2.30. The number of nitrogens with one attached hydrogen (secondary N) is 1. The Kier molecular flexibility index (Phi) is 1.29. The molecule has 0 aromatic heterocycles. The molecular weight excluding hydrogens is 124 g/mol. The molecule has 1 saturated carbocycles. The molecule has 0 bridgehead atoms. The van der Waals surface area contributed by atoms with Gasteiger partial charge in [0.05, 0.1) is 0 Å². The van der Waals surface area contributed by atoms with E-state index in [0.717, 1.165) is 23.8 Å². The highest BCUT2D eigenvalue weighted by Gasteiger charge is 2.59. The van der Waals surface area contributed by atoms with Crippen molar-refractivity contribution in [3.05, 3.63) is 0 Å². The Morgan fingerprint density at radius 1 is 1.70 bits per heavy atom. The Morgan fingerprint density at radius 3 is 2.70 bits per heavy atom. The molecule has 1 saturated heterocycles. The molecule has 1 spiro atoms. The molecule has 1 aliphatic heterocycles. The zero-order valence-electron chi connectivity index (χ0n) is 6.56. The van der Waals surface area contributed by atoms with Gasteiger partial charge in [0.1, 0.15) is 0 Å². The van der Waals surface area contributed by atoms with Crippen molar-refractivity contribution in [2.45, 2.75) is 13.3 Å². The fraction of sp³-hybridized carbons (Fsp3) is 1.00. The second-order valence-electron chi connectivity index (χ2n) is 3.99. The molecule has 2 nitrogen and oxygen atoms in total. The molecule has 0 aromatic rings. The smallest absolute Gasteiger partial charge is 0.00231 e. The van der Waals surface area contributed by atoms with Crippen molar-refractivity contribution < 1.29 is 0 Å². The molecule has 10 heavy (non-hydrogen) atoms. The second kappa shape index (κ2) is 1.95. The summed E-state index contributed by atoms with van der Waals surface area (Å²) < 4.78 is 0. The standard InChI is InChI=1S/C8H16N2/c1-6(3-9)7-2-8(7)4-10-5-8/h6-7,10H,2-5,9H2,1H3. The molecule has 1 aliphatic carbocycles. The fourth-order valence-electron chi connectivity index (χ4n) is 2.20. The van der Waals surface area contributed by atoms with E-state index in [0.29, 0.717) is 0 Å². The van der Waals surface area contributed by atoms with Crippen LogP contribution >= 0.6 is 0 Å². The van der Waals surface area contributed by atoms with Gasteiger partial charge in [-0.15, -0.1) is 0 Å². The summed E-state index contributed by atoms with van der Waals surface area (Å²) in [5.74, 6) is 1.70. The van der Waals surface area contributed by atoms with Crippen LogP contribution in [0, 0.1) is 17.3 Å². The maximum Gasteiger partial charge on any atom is 0.00231 e. The lowest BCUT2D eigenvalue weighted by atomic mass is 9.91. The van der Waals surface area contributed by atoms with Crippen LogP contribution in [0.3, 0.4) is 0 Å². The Hall–Kier alpha value is -0.0800. The Balaban J connectivity index is 1.88. The maximum atomic E-state index is 5.59. The van der Waals surface area contributed by atoms with Crippen LogP contribution in [0.4, 0.5) is 0 Å². The van der Waals surface area contributed by atoms with Crippen LogP contribution in [-0.2, 0) is 0 Å². The normalized spacial score (nSPS) is 37.2. The van der Waals surface area contributed by atoms with Gasteiger partial charge < -0.3 is 11.1 Å². The summed E-state index contributed by atoms with van der Waals surface area (Å²) in [6.45, 7) is 5.65. The molecule has 3 N–H and O–H groups in total. The minimum Gasteiger partial charge on any atom is -0.330 e. The Bertz CT molecular complexity index is 140. The van der Waals surface area contributed by atoms with Crippen LogP contribution < -0.4 is 11.1 Å². The third-order valence-electron chi connectivity index (χ3n) is 3.27. The van der Waals surface area contributed by atoms with Crippen LogP contribution in [0.1, 0.15) is 13.3 Å². The van der Waals surface area contributed by atoms with Crippen molar-refractivity contribution in [1.82, 2.24) is 5.32 Å². The molecule has 2 aliphatic rings. The average Bonchev–Trinajstić information content (AvgIpc) is 2.59. The van der Waals surface area contributed by atoms with E-state index in [1.165, 1.54) is 19.5 Å². The molecule has 2 rings (SSSR count). The SMILES string of the molecule is CC(CN)C1CC12CNC2. The molecule has 58 valence electrons. The van der Waals surface area contributed by atoms with Crippen LogP contribution in [0.2, 0.25) is 0 Å². The van der Waals surface area contributed by atoms with Gasteiger partial charge in [-0.25, -0.2) is 0 Å². The predicted molar refractivity (Wildman–Crippen MR) is 41.6 cm³/mol. The van der Waals surface area contributed by atoms with Crippen molar-refractivity contribution in [3.63, 3.8) is 0 Å². The monoisotopic (exact) mass is 140 g/mol. The van der Waals surface area contributed by atoms with Crippen molar-refractivity contribution in [1.29, 1.82) is 0 Å². The minimum absolute atomic E-state index is 0.721. The first kappa shape index (κ1) is 6.62. The van der Waals surface area contributed by atoms with Gasteiger partial charge in [0.25, 0.3) is 0 Å². The topological polar surface area (TPSA) is 38.0 Å². The number of nitrogens with two attached hydrogens (primary N) is 1. The van der Waals surface area contributed by atoms with Gasteiger partial charge in [0.15, 0.2) is 0 Å². The fourth-order valence-corrected chi connectivity index (χ4v) is 2.20. The van der Waals surface area contributed by atoms with Crippen molar-refractivity contribution in [2.24, 2.45) is 23.0 Å². The summed E-state index contributed by atoms with van der Waals surface area (Å²) in [4.78, 5) is 0. The number of rotatable bonds is 2. The molecule has 0 aromatic carbocycles. The van der Waals surface area contributed by atoms with Gasteiger partial charge in [0, 0.05) is 13.1 Å².